The Morgan fingerprint density at radius 3 is 2.38 bits per heavy atom. The molecule has 0 aliphatic heterocycles. The van der Waals surface area contributed by atoms with Crippen LogP contribution in [0, 0.1) is 30.1 Å². The van der Waals surface area contributed by atoms with E-state index in [0.29, 0.717) is 38.1 Å². The number of likely N-dealkylation sites (N-methyl/N-ethyl adjacent to an activating group) is 1. The van der Waals surface area contributed by atoms with Crippen molar-refractivity contribution in [3.05, 3.63) is 66.0 Å². The van der Waals surface area contributed by atoms with Crippen molar-refractivity contribution in [3.8, 4) is 12.3 Å². The molecule has 0 spiro atoms. The van der Waals surface area contributed by atoms with Crippen LogP contribution in [0.1, 0.15) is 83.0 Å². The smallest absolute Gasteiger partial charge is 0.243 e. The maximum Gasteiger partial charge on any atom is 0.243 e. The number of hydrogen-bond acceptors (Lipinski definition) is 6. The predicted molar refractivity (Wildman–Crippen MR) is 196 cm³/mol. The van der Waals surface area contributed by atoms with E-state index in [1.807, 2.05) is 68.4 Å². The highest BCUT2D eigenvalue weighted by Gasteiger charge is 2.34. The summed E-state index contributed by atoms with van der Waals surface area (Å²) >= 11 is 0. The number of imidazole rings is 1. The molecule has 50 heavy (non-hydrogen) atoms. The predicted octanol–water partition coefficient (Wildman–Crippen LogP) is 4.54. The van der Waals surface area contributed by atoms with Crippen LogP contribution in [0.2, 0.25) is 0 Å². The Morgan fingerprint density at radius 1 is 1.00 bits per heavy atom. The van der Waals surface area contributed by atoms with Gasteiger partial charge in [0.2, 0.25) is 17.7 Å². The largest absolute Gasteiger partial charge is 0.390 e. The number of aliphatic hydroxyl groups excluding tert-OH is 2. The summed E-state index contributed by atoms with van der Waals surface area (Å²) in [5, 5.41) is 27.8. The first-order chi connectivity index (χ1) is 24.0. The zero-order chi connectivity index (χ0) is 36.0. The van der Waals surface area contributed by atoms with Crippen molar-refractivity contribution in [3.63, 3.8) is 0 Å². The van der Waals surface area contributed by atoms with Gasteiger partial charge in [-0.3, -0.25) is 14.4 Å². The Balaban J connectivity index is 1.44. The first-order valence-electron chi connectivity index (χ1n) is 18.2. The van der Waals surface area contributed by atoms with Crippen LogP contribution in [0.5, 0.6) is 0 Å². The molecule has 1 heterocycles. The third kappa shape index (κ3) is 11.7. The molecule has 0 radical (unpaired) electrons. The Bertz CT molecular complexity index is 1530. The maximum atomic E-state index is 13.9. The molecule has 1 fully saturated rings. The second-order valence-corrected chi connectivity index (χ2v) is 14.4. The Labute approximate surface area is 296 Å². The van der Waals surface area contributed by atoms with Crippen LogP contribution >= 0.6 is 0 Å². The summed E-state index contributed by atoms with van der Waals surface area (Å²) in [6.07, 6.45) is 10.5. The molecule has 0 bridgehead atoms. The van der Waals surface area contributed by atoms with Crippen molar-refractivity contribution in [1.29, 1.82) is 0 Å². The van der Waals surface area contributed by atoms with Gasteiger partial charge in [-0.05, 0) is 48.8 Å². The van der Waals surface area contributed by atoms with Crippen LogP contribution in [0.15, 0.2) is 54.6 Å². The molecule has 270 valence electrons. The number of nitrogens with zero attached hydrogens (tertiary/aromatic N) is 2. The van der Waals surface area contributed by atoms with Gasteiger partial charge in [-0.15, -0.1) is 12.3 Å². The zero-order valence-corrected chi connectivity index (χ0v) is 29.8. The molecule has 4 rings (SSSR count). The highest BCUT2D eigenvalue weighted by molar-refractivity contribution is 5.91. The number of hydrogen-bond donors (Lipinski definition) is 5. The van der Waals surface area contributed by atoms with Crippen LogP contribution in [-0.2, 0) is 27.2 Å². The molecular formula is C40H55N5O5. The van der Waals surface area contributed by atoms with Crippen LogP contribution < -0.4 is 10.6 Å². The second-order valence-electron chi connectivity index (χ2n) is 14.4. The Kier molecular flexibility index (Phi) is 14.9. The van der Waals surface area contributed by atoms with E-state index in [4.69, 9.17) is 6.42 Å². The maximum absolute atomic E-state index is 13.9. The van der Waals surface area contributed by atoms with Crippen LogP contribution in [-0.4, -0.2) is 80.7 Å². The number of rotatable bonds is 18. The van der Waals surface area contributed by atoms with E-state index in [2.05, 4.69) is 26.5 Å². The van der Waals surface area contributed by atoms with Gasteiger partial charge in [0.05, 0.1) is 29.1 Å². The molecule has 2 unspecified atom stereocenters. The van der Waals surface area contributed by atoms with Crippen molar-refractivity contribution >= 4 is 28.8 Å². The summed E-state index contributed by atoms with van der Waals surface area (Å²) in [5.41, 5.74) is 2.68. The fraction of sp³-hybridized carbons (Fsp3) is 0.550. The van der Waals surface area contributed by atoms with E-state index in [1.54, 1.807) is 11.9 Å². The third-order valence-electron chi connectivity index (χ3n) is 9.78. The van der Waals surface area contributed by atoms with Gasteiger partial charge in [-0.25, -0.2) is 4.98 Å². The number of terminal acetylenes is 1. The Hall–Kier alpha value is -4.20. The molecule has 3 amide bonds. The lowest BCUT2D eigenvalue weighted by atomic mass is 9.82. The van der Waals surface area contributed by atoms with E-state index in [0.717, 1.165) is 48.1 Å². The molecule has 2 aromatic carbocycles. The fourth-order valence-electron chi connectivity index (χ4n) is 6.90. The van der Waals surface area contributed by atoms with Gasteiger partial charge in [-0.1, -0.05) is 88.4 Å². The number of amides is 3. The number of H-pyrrole nitrogens is 1. The summed E-state index contributed by atoms with van der Waals surface area (Å²) in [4.78, 5) is 50.6. The number of para-hydroxylation sites is 2. The number of fused-ring (bicyclic) bond motifs is 1. The lowest BCUT2D eigenvalue weighted by molar-refractivity contribution is -0.136. The van der Waals surface area contributed by atoms with Crippen LogP contribution in [0.3, 0.4) is 0 Å². The molecule has 0 saturated heterocycles. The standard InChI is InChI=1S/C40H55N5O5/c1-5-14-33(40(50)44-34(25-29-17-10-7-11-18-29)38(48)35(46)23-27(2)3)43-39(49)30(24-28-15-8-6-9-16-28)26-37(47)45(4)22-21-36-41-31-19-12-13-20-32(31)42-36/h1,6,8-9,12-13,15-16,19-20,27,29-30,33-35,38,46,48H,7,10-11,14,17-18,21-26H2,2-4H3,(H,41,42)(H,43,49)(H,44,50)/t30?,33-,34?,35-,38+/m0/s1. The normalized spacial score (nSPS) is 16.6. The number of carbonyl (C=O) groups is 3. The van der Waals surface area contributed by atoms with Crippen molar-refractivity contribution in [1.82, 2.24) is 25.5 Å². The molecule has 1 saturated carbocycles. The average molecular weight is 686 g/mol. The molecule has 10 heteroatoms. The SMILES string of the molecule is C#CC[C@H](NC(=O)C(CC(=O)N(C)CCc1nc2ccccc2[nH]1)Cc1ccccc1)C(=O)NC(CC1CCCCC1)[C@@H](O)[C@@H](O)CC(C)C. The van der Waals surface area contributed by atoms with E-state index in [9.17, 15) is 24.6 Å². The van der Waals surface area contributed by atoms with Gasteiger partial charge in [0.1, 0.15) is 18.0 Å². The summed E-state index contributed by atoms with van der Waals surface area (Å²) < 4.78 is 0. The summed E-state index contributed by atoms with van der Waals surface area (Å²) in [7, 11) is 1.71. The molecule has 3 aromatic rings. The minimum atomic E-state index is -1.16. The topological polar surface area (TPSA) is 148 Å². The number of benzene rings is 2. The lowest BCUT2D eigenvalue weighted by Crippen LogP contribution is -2.56. The molecule has 1 aliphatic rings. The second kappa shape index (κ2) is 19.3. The number of aromatic nitrogens is 2. The van der Waals surface area contributed by atoms with Crippen molar-refractivity contribution in [2.75, 3.05) is 13.6 Å². The summed E-state index contributed by atoms with van der Waals surface area (Å²) in [6, 6.07) is 15.4. The molecule has 5 N–H and O–H groups in total. The molecular weight excluding hydrogens is 630 g/mol. The molecule has 1 aromatic heterocycles. The number of aliphatic hydroxyl groups is 2. The highest BCUT2D eigenvalue weighted by Crippen LogP contribution is 2.29. The average Bonchev–Trinajstić information content (AvgIpc) is 3.53. The van der Waals surface area contributed by atoms with Gasteiger partial charge in [0, 0.05) is 32.9 Å². The summed E-state index contributed by atoms with van der Waals surface area (Å²) in [6.45, 7) is 4.35. The number of nitrogens with one attached hydrogen (secondary N) is 3. The van der Waals surface area contributed by atoms with Crippen LogP contribution in [0.25, 0.3) is 11.0 Å². The fourth-order valence-corrected chi connectivity index (χ4v) is 6.90. The van der Waals surface area contributed by atoms with E-state index < -0.39 is 42.0 Å². The van der Waals surface area contributed by atoms with Gasteiger partial charge in [-0.2, -0.15) is 0 Å². The van der Waals surface area contributed by atoms with Crippen LogP contribution in [0.4, 0.5) is 0 Å². The van der Waals surface area contributed by atoms with Gasteiger partial charge in [0.15, 0.2) is 0 Å². The minimum absolute atomic E-state index is 0.0633. The summed E-state index contributed by atoms with van der Waals surface area (Å²) in [5.74, 6) is 1.83. The highest BCUT2D eigenvalue weighted by atomic mass is 16.3. The van der Waals surface area contributed by atoms with E-state index >= 15 is 0 Å². The molecule has 10 nitrogen and oxygen atoms in total. The zero-order valence-electron chi connectivity index (χ0n) is 29.8. The van der Waals surface area contributed by atoms with Gasteiger partial charge >= 0.3 is 0 Å². The quantitative estimate of drug-likeness (QED) is 0.124. The first kappa shape index (κ1) is 38.6. The van der Waals surface area contributed by atoms with Gasteiger partial charge in [0.25, 0.3) is 0 Å². The van der Waals surface area contributed by atoms with Gasteiger partial charge < -0.3 is 30.7 Å². The number of carbonyl (C=O) groups excluding carboxylic acids is 3. The van der Waals surface area contributed by atoms with E-state index in [1.165, 1.54) is 6.42 Å². The van der Waals surface area contributed by atoms with Crippen molar-refractivity contribution in [2.45, 2.75) is 109 Å². The third-order valence-corrected chi connectivity index (χ3v) is 9.78. The molecule has 1 aliphatic carbocycles. The monoisotopic (exact) mass is 685 g/mol. The number of aromatic amines is 1. The Morgan fingerprint density at radius 2 is 1.70 bits per heavy atom. The first-order valence-corrected chi connectivity index (χ1v) is 18.2. The van der Waals surface area contributed by atoms with Crippen molar-refractivity contribution < 1.29 is 24.6 Å². The molecule has 5 atom stereocenters. The van der Waals surface area contributed by atoms with E-state index in [-0.39, 0.29) is 24.7 Å². The van der Waals surface area contributed by atoms with Crippen molar-refractivity contribution in [2.24, 2.45) is 17.8 Å². The lowest BCUT2D eigenvalue weighted by Gasteiger charge is -2.33. The minimum Gasteiger partial charge on any atom is -0.390 e.